The molecule has 2 aliphatic heterocycles. The third kappa shape index (κ3) is 2.30. The van der Waals surface area contributed by atoms with E-state index >= 15 is 0 Å². The molecule has 0 atom stereocenters. The summed E-state index contributed by atoms with van der Waals surface area (Å²) < 4.78 is 23.6. The Morgan fingerprint density at radius 3 is 2.57 bits per heavy atom. The van der Waals surface area contributed by atoms with Crippen molar-refractivity contribution < 1.29 is 34.0 Å². The first-order chi connectivity index (χ1) is 14.6. The molecule has 0 saturated heterocycles. The Labute approximate surface area is 169 Å². The molecule has 0 saturated carbocycles. The minimum Gasteiger partial charge on any atom is -0.494 e. The topological polar surface area (TPSA) is 99.4 Å². The van der Waals surface area contributed by atoms with Gasteiger partial charge < -0.3 is 33.7 Å². The highest BCUT2D eigenvalue weighted by molar-refractivity contribution is 6.17. The van der Waals surface area contributed by atoms with Crippen molar-refractivity contribution in [2.45, 2.75) is 6.54 Å². The molecule has 6 rings (SSSR count). The van der Waals surface area contributed by atoms with Crippen LogP contribution in [0.3, 0.4) is 0 Å². The van der Waals surface area contributed by atoms with Gasteiger partial charge in [0.15, 0.2) is 28.9 Å². The van der Waals surface area contributed by atoms with Crippen molar-refractivity contribution in [1.29, 1.82) is 0 Å². The van der Waals surface area contributed by atoms with E-state index in [9.17, 15) is 15.0 Å². The second-order valence-electron chi connectivity index (χ2n) is 7.15. The van der Waals surface area contributed by atoms with Crippen molar-refractivity contribution >= 4 is 27.5 Å². The standard InChI is InChI=1S/C22H15NO7/c24-18(25)8-23-7-14-13(22(23)26)5-11-2-4-16-21(30-10-28-16)20(11)19(14)12-1-3-15-17(6-12)29-9-27-15/h1-7,26H,8-10H2,(H,24,25). The number of hydrogen-bond donors (Lipinski definition) is 2. The predicted molar refractivity (Wildman–Crippen MR) is 106 cm³/mol. The molecular formula is C22H15NO7. The van der Waals surface area contributed by atoms with Crippen LogP contribution < -0.4 is 18.9 Å². The van der Waals surface area contributed by atoms with E-state index < -0.39 is 5.97 Å². The zero-order valence-electron chi connectivity index (χ0n) is 15.5. The highest BCUT2D eigenvalue weighted by Gasteiger charge is 2.25. The Balaban J connectivity index is 1.74. The first kappa shape index (κ1) is 16.8. The van der Waals surface area contributed by atoms with Crippen molar-refractivity contribution in [2.24, 2.45) is 0 Å². The molecule has 4 aromatic rings. The summed E-state index contributed by atoms with van der Waals surface area (Å²) in [4.78, 5) is 11.3. The predicted octanol–water partition coefficient (Wildman–Crippen LogP) is 3.71. The number of aromatic nitrogens is 1. The van der Waals surface area contributed by atoms with Crippen LogP contribution >= 0.6 is 0 Å². The van der Waals surface area contributed by atoms with Gasteiger partial charge in [-0.25, -0.2) is 0 Å². The van der Waals surface area contributed by atoms with E-state index in [0.29, 0.717) is 33.8 Å². The van der Waals surface area contributed by atoms with Crippen LogP contribution in [0.1, 0.15) is 0 Å². The van der Waals surface area contributed by atoms with Crippen molar-refractivity contribution in [3.63, 3.8) is 0 Å². The van der Waals surface area contributed by atoms with Gasteiger partial charge in [0.1, 0.15) is 6.54 Å². The number of fused-ring (bicyclic) bond motifs is 5. The molecule has 0 bridgehead atoms. The number of benzene rings is 3. The van der Waals surface area contributed by atoms with E-state index in [1.165, 1.54) is 4.57 Å². The van der Waals surface area contributed by atoms with Gasteiger partial charge in [0.05, 0.1) is 0 Å². The Hall–Kier alpha value is -4.07. The largest absolute Gasteiger partial charge is 0.494 e. The van der Waals surface area contributed by atoms with E-state index in [1.807, 2.05) is 36.4 Å². The SMILES string of the molecule is O=C(O)Cn1cc2c(-c3ccc4c(c3)OCO4)c3c4c(ccc3cc2c1O)OCO4. The average Bonchev–Trinajstić information content (AvgIpc) is 3.45. The number of ether oxygens (including phenoxy) is 4. The van der Waals surface area contributed by atoms with Crippen LogP contribution in [-0.4, -0.2) is 34.3 Å². The third-order valence-electron chi connectivity index (χ3n) is 5.45. The maximum Gasteiger partial charge on any atom is 0.323 e. The highest BCUT2D eigenvalue weighted by atomic mass is 16.7. The van der Waals surface area contributed by atoms with Crippen LogP contribution in [0.5, 0.6) is 28.9 Å². The molecule has 0 unspecified atom stereocenters. The number of hydrogen-bond acceptors (Lipinski definition) is 6. The summed E-state index contributed by atoms with van der Waals surface area (Å²) in [6.07, 6.45) is 1.65. The maximum absolute atomic E-state index is 11.3. The summed E-state index contributed by atoms with van der Waals surface area (Å²) in [5.41, 5.74) is 1.62. The molecule has 0 radical (unpaired) electrons. The molecule has 0 aliphatic carbocycles. The molecule has 2 N–H and O–H groups in total. The molecule has 1 aromatic heterocycles. The summed E-state index contributed by atoms with van der Waals surface area (Å²) in [5.74, 6) is 1.39. The normalized spacial score (nSPS) is 14.0. The molecule has 150 valence electrons. The molecule has 8 heteroatoms. The quantitative estimate of drug-likeness (QED) is 0.536. The molecule has 30 heavy (non-hydrogen) atoms. The van der Waals surface area contributed by atoms with Crippen LogP contribution in [0, 0.1) is 0 Å². The first-order valence-electron chi connectivity index (χ1n) is 9.29. The highest BCUT2D eigenvalue weighted by Crippen LogP contribution is 2.49. The lowest BCUT2D eigenvalue weighted by Gasteiger charge is -2.12. The van der Waals surface area contributed by atoms with Gasteiger partial charge >= 0.3 is 5.97 Å². The molecule has 8 nitrogen and oxygen atoms in total. The van der Waals surface area contributed by atoms with Crippen molar-refractivity contribution in [1.82, 2.24) is 4.57 Å². The molecule has 0 fully saturated rings. The van der Waals surface area contributed by atoms with Crippen molar-refractivity contribution in [2.75, 3.05) is 13.6 Å². The van der Waals surface area contributed by atoms with E-state index in [2.05, 4.69) is 0 Å². The minimum absolute atomic E-state index is 0.103. The summed E-state index contributed by atoms with van der Waals surface area (Å²) in [6, 6.07) is 11.2. The van der Waals surface area contributed by atoms with Crippen LogP contribution in [0.25, 0.3) is 32.7 Å². The van der Waals surface area contributed by atoms with Crippen LogP contribution in [0.15, 0.2) is 42.6 Å². The van der Waals surface area contributed by atoms with Gasteiger partial charge in [-0.05, 0) is 35.2 Å². The van der Waals surface area contributed by atoms with Gasteiger partial charge in [0, 0.05) is 27.9 Å². The lowest BCUT2D eigenvalue weighted by Crippen LogP contribution is -2.06. The summed E-state index contributed by atoms with van der Waals surface area (Å²) in [5, 5.41) is 22.9. The van der Waals surface area contributed by atoms with Crippen LogP contribution in [-0.2, 0) is 11.3 Å². The lowest BCUT2D eigenvalue weighted by atomic mass is 9.93. The van der Waals surface area contributed by atoms with Gasteiger partial charge in [0.2, 0.25) is 13.6 Å². The first-order valence-corrected chi connectivity index (χ1v) is 9.29. The van der Waals surface area contributed by atoms with E-state index in [0.717, 1.165) is 21.9 Å². The Kier molecular flexibility index (Phi) is 3.35. The minimum atomic E-state index is -1.04. The van der Waals surface area contributed by atoms with Crippen LogP contribution in [0.2, 0.25) is 0 Å². The summed E-state index contributed by atoms with van der Waals surface area (Å²) in [6.45, 7) is -0.0701. The van der Waals surface area contributed by atoms with Gasteiger partial charge in [-0.15, -0.1) is 0 Å². The number of carboxylic acid groups (broad SMARTS) is 1. The molecule has 3 aromatic carbocycles. The fourth-order valence-electron chi connectivity index (χ4n) is 4.18. The lowest BCUT2D eigenvalue weighted by molar-refractivity contribution is -0.137. The number of rotatable bonds is 3. The van der Waals surface area contributed by atoms with Gasteiger partial charge in [0.25, 0.3) is 0 Å². The third-order valence-corrected chi connectivity index (χ3v) is 5.45. The fourth-order valence-corrected chi connectivity index (χ4v) is 4.18. The Morgan fingerprint density at radius 1 is 0.933 bits per heavy atom. The zero-order valence-corrected chi connectivity index (χ0v) is 15.5. The molecule has 2 aliphatic rings. The number of carbonyl (C=O) groups is 1. The smallest absolute Gasteiger partial charge is 0.323 e. The van der Waals surface area contributed by atoms with Gasteiger partial charge in [-0.1, -0.05) is 12.1 Å². The average molecular weight is 405 g/mol. The number of aliphatic carboxylic acids is 1. The molecule has 0 spiro atoms. The van der Waals surface area contributed by atoms with E-state index in [1.54, 1.807) is 6.20 Å². The zero-order chi connectivity index (χ0) is 20.4. The number of carboxylic acids is 1. The van der Waals surface area contributed by atoms with Gasteiger partial charge in [-0.3, -0.25) is 4.79 Å². The van der Waals surface area contributed by atoms with E-state index in [-0.39, 0.29) is 26.0 Å². The van der Waals surface area contributed by atoms with Gasteiger partial charge in [-0.2, -0.15) is 0 Å². The van der Waals surface area contributed by atoms with Crippen molar-refractivity contribution in [3.05, 3.63) is 42.6 Å². The second kappa shape index (κ2) is 5.96. The second-order valence-corrected chi connectivity index (χ2v) is 7.15. The number of aromatic hydroxyl groups is 1. The van der Waals surface area contributed by atoms with Crippen molar-refractivity contribution in [3.8, 4) is 40.0 Å². The fraction of sp³-hybridized carbons (Fsp3) is 0.136. The monoisotopic (exact) mass is 405 g/mol. The molecule has 3 heterocycles. The Morgan fingerprint density at radius 2 is 1.70 bits per heavy atom. The van der Waals surface area contributed by atoms with E-state index in [4.69, 9.17) is 18.9 Å². The van der Waals surface area contributed by atoms with Crippen LogP contribution in [0.4, 0.5) is 0 Å². The Bertz CT molecular complexity index is 1370. The number of nitrogens with zero attached hydrogens (tertiary/aromatic N) is 1. The molecule has 0 amide bonds. The molecular weight excluding hydrogens is 390 g/mol. The summed E-state index contributed by atoms with van der Waals surface area (Å²) >= 11 is 0. The maximum atomic E-state index is 11.3. The summed E-state index contributed by atoms with van der Waals surface area (Å²) in [7, 11) is 0.